The van der Waals surface area contributed by atoms with Crippen LogP contribution in [0.1, 0.15) is 95.3 Å². The molecule has 0 saturated heterocycles. The predicted octanol–water partition coefficient (Wildman–Crippen LogP) is 15.3. The van der Waals surface area contributed by atoms with E-state index in [1.165, 1.54) is 25.0 Å². The van der Waals surface area contributed by atoms with Crippen LogP contribution >= 0.6 is 69.6 Å². The lowest BCUT2D eigenvalue weighted by Crippen LogP contribution is -2.36. The Labute approximate surface area is 588 Å². The van der Waals surface area contributed by atoms with E-state index >= 15 is 0 Å². The van der Waals surface area contributed by atoms with Crippen molar-refractivity contribution in [2.75, 3.05) is 24.0 Å². The number of rotatable bonds is 18. The maximum Gasteiger partial charge on any atom is 0.413 e. The minimum atomic E-state index is -0.812. The van der Waals surface area contributed by atoms with Crippen LogP contribution < -0.4 is 30.3 Å². The molecule has 31 heteroatoms. The molecule has 98 heavy (non-hydrogen) atoms. The van der Waals surface area contributed by atoms with Gasteiger partial charge in [-0.2, -0.15) is 25.9 Å². The molecule has 3 N–H and O–H groups in total. The van der Waals surface area contributed by atoms with Crippen molar-refractivity contribution in [1.29, 1.82) is 15.8 Å². The molecule has 0 spiro atoms. The minimum Gasteiger partial charge on any atom is -0.466 e. The van der Waals surface area contributed by atoms with Crippen LogP contribution in [0.5, 0.6) is 34.5 Å². The van der Waals surface area contributed by atoms with Crippen LogP contribution in [0.3, 0.4) is 0 Å². The third-order valence-corrected chi connectivity index (χ3v) is 16.4. The second-order valence-corrected chi connectivity index (χ2v) is 24.4. The van der Waals surface area contributed by atoms with E-state index in [9.17, 15) is 34.0 Å². The van der Waals surface area contributed by atoms with Gasteiger partial charge in [0.2, 0.25) is 23.2 Å². The monoisotopic (exact) mass is 1440 g/mol. The summed E-state index contributed by atoms with van der Waals surface area (Å²) in [5.41, 5.74) is 12.0. The minimum absolute atomic E-state index is 0.0241. The van der Waals surface area contributed by atoms with Crippen molar-refractivity contribution in [3.05, 3.63) is 146 Å². The molecule has 3 aliphatic carbocycles. The average molecular weight is 1440 g/mol. The zero-order valence-electron chi connectivity index (χ0n) is 51.8. The number of imide groups is 1. The van der Waals surface area contributed by atoms with E-state index in [2.05, 4.69) is 43.5 Å². The molecular formula is C67H54Cl6N14O11. The molecule has 3 aromatic heterocycles. The smallest absolute Gasteiger partial charge is 0.413 e. The Kier molecular flexibility index (Phi) is 22.8. The van der Waals surface area contributed by atoms with Gasteiger partial charge in [0.25, 0.3) is 5.91 Å². The number of alkyl carbamates (subject to hydrolysis) is 1. The van der Waals surface area contributed by atoms with Gasteiger partial charge in [-0.3, -0.25) is 34.3 Å². The van der Waals surface area contributed by atoms with Gasteiger partial charge in [-0.1, -0.05) is 69.6 Å². The van der Waals surface area contributed by atoms with E-state index in [-0.39, 0.29) is 74.9 Å². The lowest BCUT2D eigenvalue weighted by Gasteiger charge is -2.22. The summed E-state index contributed by atoms with van der Waals surface area (Å²) in [4.78, 5) is 85.7. The number of Topliss-reactive ketones (excluding diaryl/α,β-unsaturated/α-hetero) is 2. The number of nitrogens with two attached hydrogens (primary N) is 1. The lowest BCUT2D eigenvalue weighted by atomic mass is 10.1. The molecule has 0 unspecified atom stereocenters. The highest BCUT2D eigenvalue weighted by molar-refractivity contribution is 6.50. The molecule has 3 amide bonds. The van der Waals surface area contributed by atoms with Gasteiger partial charge in [0, 0.05) is 42.0 Å². The third-order valence-electron chi connectivity index (χ3n) is 14.7. The summed E-state index contributed by atoms with van der Waals surface area (Å²) in [6.45, 7) is 3.57. The summed E-state index contributed by atoms with van der Waals surface area (Å²) in [7, 11) is 0. The fourth-order valence-corrected chi connectivity index (χ4v) is 11.5. The third kappa shape index (κ3) is 17.6. The van der Waals surface area contributed by atoms with Crippen LogP contribution in [0, 0.1) is 34.0 Å². The van der Waals surface area contributed by atoms with Crippen LogP contribution in [-0.2, 0) is 40.0 Å². The van der Waals surface area contributed by atoms with Gasteiger partial charge >= 0.3 is 12.1 Å². The van der Waals surface area contributed by atoms with E-state index in [1.807, 2.05) is 66.8 Å². The molecule has 0 bridgehead atoms. The zero-order valence-corrected chi connectivity index (χ0v) is 56.3. The van der Waals surface area contributed by atoms with Crippen molar-refractivity contribution >= 4 is 161 Å². The van der Waals surface area contributed by atoms with E-state index in [1.54, 1.807) is 68.5 Å². The molecule has 25 nitrogen and oxygen atoms in total. The van der Waals surface area contributed by atoms with E-state index in [0.717, 1.165) is 63.8 Å². The molecule has 500 valence electrons. The number of anilines is 2. The number of aromatic nitrogens is 6. The average Bonchev–Trinajstić information content (AvgIpc) is 1.56. The molecule has 6 aromatic carbocycles. The molecule has 3 saturated carbocycles. The number of nitriles is 3. The molecule has 13 rings (SSSR count). The Morgan fingerprint density at radius 1 is 0.612 bits per heavy atom. The van der Waals surface area contributed by atoms with E-state index < -0.39 is 48.3 Å². The summed E-state index contributed by atoms with van der Waals surface area (Å²) in [5, 5.41) is 34.5. The number of esters is 1. The van der Waals surface area contributed by atoms with Gasteiger partial charge in [-0.15, -0.1) is 0 Å². The highest BCUT2D eigenvalue weighted by Crippen LogP contribution is 2.45. The number of ether oxygens (including phenoxy) is 5. The maximum atomic E-state index is 12.2. The highest BCUT2D eigenvalue weighted by Gasteiger charge is 2.31. The first-order valence-corrected chi connectivity index (χ1v) is 32.4. The maximum absolute atomic E-state index is 12.2. The topological polar surface area (TPSA) is 339 Å². The number of hydrazone groups is 1. The Balaban J connectivity index is 0.000000150. The van der Waals surface area contributed by atoms with Gasteiger partial charge in [-0.25, -0.2) is 19.7 Å². The fourth-order valence-electron chi connectivity index (χ4n) is 9.71. The van der Waals surface area contributed by atoms with Gasteiger partial charge in [-0.05, 0) is 131 Å². The van der Waals surface area contributed by atoms with Crippen LogP contribution in [-0.4, -0.2) is 88.7 Å². The number of fused-ring (bicyclic) bond motifs is 3. The van der Waals surface area contributed by atoms with Crippen LogP contribution in [0.4, 0.5) is 16.2 Å². The van der Waals surface area contributed by atoms with Gasteiger partial charge < -0.3 is 43.1 Å². The summed E-state index contributed by atoms with van der Waals surface area (Å²) in [6, 6.07) is 32.7. The van der Waals surface area contributed by atoms with Gasteiger partial charge in [0.1, 0.15) is 42.2 Å². The normalized spacial score (nSPS) is 14.0. The number of amides is 3. The van der Waals surface area contributed by atoms with Crippen molar-refractivity contribution in [2.24, 2.45) is 10.1 Å². The van der Waals surface area contributed by atoms with Gasteiger partial charge in [0.15, 0.2) is 23.0 Å². The van der Waals surface area contributed by atoms with Crippen molar-refractivity contribution in [3.8, 4) is 52.7 Å². The first kappa shape index (κ1) is 70.5. The molecule has 4 heterocycles. The summed E-state index contributed by atoms with van der Waals surface area (Å²) in [5.74, 6) is -0.577. The van der Waals surface area contributed by atoms with E-state index in [4.69, 9.17) is 105 Å². The number of nitrogen functional groups attached to an aromatic ring is 1. The number of carbonyl (C=O) groups excluding carboxylic acids is 6. The second kappa shape index (κ2) is 31.7. The van der Waals surface area contributed by atoms with Crippen LogP contribution in [0.25, 0.3) is 33.1 Å². The largest absolute Gasteiger partial charge is 0.466 e. The lowest BCUT2D eigenvalue weighted by molar-refractivity contribution is -0.144. The fraction of sp³-hybridized carbons (Fsp3) is 0.254. The highest BCUT2D eigenvalue weighted by atomic mass is 35.5. The van der Waals surface area contributed by atoms with Crippen molar-refractivity contribution in [3.63, 3.8) is 0 Å². The number of hydrogen-bond acceptors (Lipinski definition) is 20. The number of carbonyl (C=O) groups is 6. The molecule has 9 aromatic rings. The Morgan fingerprint density at radius 3 is 1.44 bits per heavy atom. The first-order valence-electron chi connectivity index (χ1n) is 30.1. The number of nitrogens with zero attached hydrogens (tertiary/aromatic N) is 12. The Hall–Kier alpha value is -10.3. The van der Waals surface area contributed by atoms with Gasteiger partial charge in [0.05, 0.1) is 120 Å². The molecule has 0 radical (unpaired) electrons. The number of imidazole rings is 3. The van der Waals surface area contributed by atoms with Crippen molar-refractivity contribution in [1.82, 2.24) is 34.0 Å². The molecular weight excluding hydrogens is 1390 g/mol. The van der Waals surface area contributed by atoms with Crippen LogP contribution in [0.15, 0.2) is 120 Å². The first-order chi connectivity index (χ1) is 47.1. The van der Waals surface area contributed by atoms with Crippen LogP contribution in [0.2, 0.25) is 30.1 Å². The molecule has 3 fully saturated rings. The SMILES string of the molecule is CCOC(=O)CC(=O)C(C#N)=NCc1cc(Cl)c(Oc2ccc3ncn(C4CC4)c3c2)c(Cl)c1.CCOC(=O)NC(=O)CC#N.N#CC1=NN(c2cc(Cl)c(Oc3ccc4ncn(C5CC5)c4c3)c(Cl)c2)C(=O)CC1=O.Nc1cc(Cl)c(Oc2ccc3ncn(C4CC4)c3c2)c(Cl)c1. The predicted molar refractivity (Wildman–Crippen MR) is 367 cm³/mol. The summed E-state index contributed by atoms with van der Waals surface area (Å²) >= 11 is 38.0. The molecule has 4 aliphatic rings. The second-order valence-electron chi connectivity index (χ2n) is 22.0. The molecule has 0 atom stereocenters. The van der Waals surface area contributed by atoms with Crippen molar-refractivity contribution < 1.29 is 52.5 Å². The number of aliphatic imine (C=N–C) groups is 1. The number of nitrogens with one attached hydrogen (secondary N) is 1. The molecule has 1 aliphatic heterocycles. The van der Waals surface area contributed by atoms with Crippen molar-refractivity contribution in [2.45, 2.75) is 96.3 Å². The Bertz CT molecular complexity index is 4770. The number of benzene rings is 6. The standard InChI is InChI=1S/C24H20Cl2N4O4.C21H13Cl2N5O3.C16H13Cl2N3O.C6H8N2O3/c1-2-33-23(32)10-22(31)20(11-27)28-12-14-7-17(25)24(18(26)8-14)34-16-5-6-19-21(9-16)30(13-29-19)15-3-4-15;22-14-5-12(28-20(30)8-19(29)17(9-24)26-28)6-15(23)21(14)31-13-3-4-16-18(7-13)27(10-25-16)11-1-2-11;17-12-5-9(19)6-13(18)16(12)22-11-3-4-14-15(7-11)21(8-20-14)10-1-2-10;1-2-11-6(10)8-5(9)3-4-7/h5-9,13,15H,2-4,10,12H2,1H3;3-7,10-11H,1-2,8H2;3-8,10H,1-2,19H2;2-3H2,1H3,(H,8,9,10). The number of hydrogen-bond donors (Lipinski definition) is 2. The quantitative estimate of drug-likeness (QED) is 0.0349. The van der Waals surface area contributed by atoms with E-state index in [0.29, 0.717) is 62.4 Å². The summed E-state index contributed by atoms with van der Waals surface area (Å²) in [6.07, 6.45) is 10.4. The summed E-state index contributed by atoms with van der Waals surface area (Å²) < 4.78 is 33.4. The number of halogens is 6. The zero-order chi connectivity index (χ0) is 69.9. The Morgan fingerprint density at radius 2 is 1.04 bits per heavy atom. The number of ketones is 2.